The molecular formula is C12H6F7N3O. The number of halogens is 7. The molecule has 0 atom stereocenters. The molecule has 0 radical (unpaired) electrons. The molecule has 0 fully saturated rings. The molecule has 2 rings (SSSR count). The molecule has 2 aromatic rings. The number of alkyl halides is 6. The molecule has 0 N–H and O–H groups in total. The summed E-state index contributed by atoms with van der Waals surface area (Å²) in [4.78, 5) is 9.47. The lowest BCUT2D eigenvalue weighted by Gasteiger charge is -2.12. The second-order valence-corrected chi connectivity index (χ2v) is 4.15. The molecule has 0 spiro atoms. The van der Waals surface area contributed by atoms with Crippen molar-refractivity contribution in [3.63, 3.8) is 0 Å². The Bertz CT molecular complexity index is 710. The highest BCUT2D eigenvalue weighted by Gasteiger charge is 2.40. The second-order valence-electron chi connectivity index (χ2n) is 4.15. The third kappa shape index (κ3) is 3.48. The molecule has 0 saturated carbocycles. The lowest BCUT2D eigenvalue weighted by Crippen LogP contribution is -2.14. The van der Waals surface area contributed by atoms with Gasteiger partial charge in [0.1, 0.15) is 5.69 Å². The van der Waals surface area contributed by atoms with Crippen LogP contribution in [-0.2, 0) is 12.4 Å². The van der Waals surface area contributed by atoms with E-state index in [0.29, 0.717) is 12.3 Å². The standard InChI is InChI=1S/C12H6F7N3O/c1-23-10-7(12(17,18)19)8(13)21-9(22-10)5-2-3-6(20-4-5)11(14,15)16/h2-4H,1H3. The Morgan fingerprint density at radius 3 is 2.04 bits per heavy atom. The zero-order valence-electron chi connectivity index (χ0n) is 11.1. The van der Waals surface area contributed by atoms with E-state index < -0.39 is 41.3 Å². The molecule has 11 heteroatoms. The average molecular weight is 341 g/mol. The highest BCUT2D eigenvalue weighted by molar-refractivity contribution is 5.55. The maximum absolute atomic E-state index is 13.6. The first-order chi connectivity index (χ1) is 10.5. The number of pyridine rings is 1. The summed E-state index contributed by atoms with van der Waals surface area (Å²) in [5.74, 6) is -3.58. The normalized spacial score (nSPS) is 12.3. The van der Waals surface area contributed by atoms with Gasteiger partial charge in [-0.25, -0.2) is 0 Å². The fraction of sp³-hybridized carbons (Fsp3) is 0.250. The quantitative estimate of drug-likeness (QED) is 0.617. The number of aromatic nitrogens is 3. The third-order valence-electron chi connectivity index (χ3n) is 2.62. The second kappa shape index (κ2) is 5.63. The first kappa shape index (κ1) is 16.9. The fourth-order valence-corrected chi connectivity index (χ4v) is 1.62. The van der Waals surface area contributed by atoms with Gasteiger partial charge in [-0.05, 0) is 12.1 Å². The van der Waals surface area contributed by atoms with Crippen LogP contribution in [-0.4, -0.2) is 22.1 Å². The van der Waals surface area contributed by atoms with Crippen LogP contribution in [0.3, 0.4) is 0 Å². The number of ether oxygens (including phenoxy) is 1. The van der Waals surface area contributed by atoms with Crippen LogP contribution in [0.4, 0.5) is 30.7 Å². The van der Waals surface area contributed by atoms with Gasteiger partial charge in [0.15, 0.2) is 11.4 Å². The van der Waals surface area contributed by atoms with E-state index in [1.54, 1.807) is 0 Å². The van der Waals surface area contributed by atoms with Crippen molar-refractivity contribution < 1.29 is 35.5 Å². The van der Waals surface area contributed by atoms with Crippen LogP contribution in [0.2, 0.25) is 0 Å². The van der Waals surface area contributed by atoms with E-state index >= 15 is 0 Å². The van der Waals surface area contributed by atoms with Crippen molar-refractivity contribution in [2.45, 2.75) is 12.4 Å². The van der Waals surface area contributed by atoms with Gasteiger partial charge in [0, 0.05) is 11.8 Å². The zero-order chi connectivity index (χ0) is 17.4. The maximum atomic E-state index is 13.6. The van der Waals surface area contributed by atoms with Gasteiger partial charge < -0.3 is 4.74 Å². The molecule has 0 unspecified atom stereocenters. The predicted molar refractivity (Wildman–Crippen MR) is 61.8 cm³/mol. The van der Waals surface area contributed by atoms with Gasteiger partial charge in [0.25, 0.3) is 0 Å². The van der Waals surface area contributed by atoms with Crippen LogP contribution in [0, 0.1) is 5.95 Å². The van der Waals surface area contributed by atoms with Gasteiger partial charge in [-0.15, -0.1) is 0 Å². The third-order valence-corrected chi connectivity index (χ3v) is 2.62. The van der Waals surface area contributed by atoms with E-state index in [1.165, 1.54) is 0 Å². The Kier molecular flexibility index (Phi) is 4.14. The molecule has 0 amide bonds. The Morgan fingerprint density at radius 1 is 0.957 bits per heavy atom. The smallest absolute Gasteiger partial charge is 0.433 e. The summed E-state index contributed by atoms with van der Waals surface area (Å²) >= 11 is 0. The molecule has 0 saturated heterocycles. The van der Waals surface area contributed by atoms with Gasteiger partial charge in [-0.1, -0.05) is 0 Å². The topological polar surface area (TPSA) is 47.9 Å². The monoisotopic (exact) mass is 341 g/mol. The van der Waals surface area contributed by atoms with Crippen molar-refractivity contribution in [2.24, 2.45) is 0 Å². The minimum Gasteiger partial charge on any atom is -0.480 e. The minimum absolute atomic E-state index is 0.205. The summed E-state index contributed by atoms with van der Waals surface area (Å²) in [6.45, 7) is 0. The number of hydrogen-bond donors (Lipinski definition) is 0. The lowest BCUT2D eigenvalue weighted by molar-refractivity contribution is -0.142. The minimum atomic E-state index is -5.09. The first-order valence-corrected chi connectivity index (χ1v) is 5.76. The molecule has 2 aromatic heterocycles. The Hall–Kier alpha value is -2.46. The number of rotatable bonds is 2. The van der Waals surface area contributed by atoms with E-state index in [2.05, 4.69) is 19.7 Å². The number of hydrogen-bond acceptors (Lipinski definition) is 4. The fourth-order valence-electron chi connectivity index (χ4n) is 1.62. The maximum Gasteiger partial charge on any atom is 0.433 e. The molecule has 0 aliphatic rings. The summed E-state index contributed by atoms with van der Waals surface area (Å²) in [6, 6.07) is 1.43. The van der Waals surface area contributed by atoms with Crippen LogP contribution in [0.15, 0.2) is 18.3 Å². The molecular weight excluding hydrogens is 335 g/mol. The lowest BCUT2D eigenvalue weighted by atomic mass is 10.2. The van der Waals surface area contributed by atoms with Gasteiger partial charge in [-0.2, -0.15) is 40.7 Å². The van der Waals surface area contributed by atoms with Crippen molar-refractivity contribution in [1.82, 2.24) is 15.0 Å². The first-order valence-electron chi connectivity index (χ1n) is 5.76. The largest absolute Gasteiger partial charge is 0.480 e. The Balaban J connectivity index is 2.51. The van der Waals surface area contributed by atoms with E-state index in [9.17, 15) is 30.7 Å². The summed E-state index contributed by atoms with van der Waals surface area (Å²) in [7, 11) is 0.839. The molecule has 124 valence electrons. The van der Waals surface area contributed by atoms with Crippen LogP contribution in [0.1, 0.15) is 11.3 Å². The summed E-state index contributed by atoms with van der Waals surface area (Å²) in [5, 5.41) is 0. The van der Waals surface area contributed by atoms with Gasteiger partial charge in [0.2, 0.25) is 11.8 Å². The molecule has 0 bridgehead atoms. The van der Waals surface area contributed by atoms with Crippen molar-refractivity contribution in [1.29, 1.82) is 0 Å². The Morgan fingerprint density at radius 2 is 1.61 bits per heavy atom. The van der Waals surface area contributed by atoms with Crippen LogP contribution in [0.25, 0.3) is 11.4 Å². The number of methoxy groups -OCH3 is 1. The average Bonchev–Trinajstić information content (AvgIpc) is 2.44. The molecule has 23 heavy (non-hydrogen) atoms. The molecule has 0 aliphatic heterocycles. The van der Waals surface area contributed by atoms with Crippen LogP contribution in [0.5, 0.6) is 5.88 Å². The molecule has 4 nitrogen and oxygen atoms in total. The summed E-state index contributed by atoms with van der Waals surface area (Å²) < 4.78 is 93.2. The van der Waals surface area contributed by atoms with E-state index in [1.807, 2.05) is 0 Å². The van der Waals surface area contributed by atoms with E-state index in [0.717, 1.165) is 13.2 Å². The molecule has 0 aromatic carbocycles. The van der Waals surface area contributed by atoms with Crippen molar-refractivity contribution in [2.75, 3.05) is 7.11 Å². The summed E-state index contributed by atoms with van der Waals surface area (Å²) in [5.41, 5.74) is -3.23. The number of nitrogens with zero attached hydrogens (tertiary/aromatic N) is 3. The van der Waals surface area contributed by atoms with Crippen molar-refractivity contribution in [3.8, 4) is 17.3 Å². The van der Waals surface area contributed by atoms with Gasteiger partial charge in [0.05, 0.1) is 7.11 Å². The van der Waals surface area contributed by atoms with Gasteiger partial charge >= 0.3 is 12.4 Å². The predicted octanol–water partition coefficient (Wildman–Crippen LogP) is 3.72. The van der Waals surface area contributed by atoms with Crippen molar-refractivity contribution in [3.05, 3.63) is 35.5 Å². The van der Waals surface area contributed by atoms with E-state index in [-0.39, 0.29) is 5.56 Å². The van der Waals surface area contributed by atoms with Crippen LogP contribution >= 0.6 is 0 Å². The highest BCUT2D eigenvalue weighted by Crippen LogP contribution is 2.37. The van der Waals surface area contributed by atoms with Crippen LogP contribution < -0.4 is 4.74 Å². The van der Waals surface area contributed by atoms with Crippen molar-refractivity contribution >= 4 is 0 Å². The molecule has 2 heterocycles. The summed E-state index contributed by atoms with van der Waals surface area (Å²) in [6.07, 6.45) is -9.11. The zero-order valence-corrected chi connectivity index (χ0v) is 11.1. The van der Waals surface area contributed by atoms with E-state index in [4.69, 9.17) is 0 Å². The SMILES string of the molecule is COc1nc(-c2ccc(C(F)(F)F)nc2)nc(F)c1C(F)(F)F. The highest BCUT2D eigenvalue weighted by atomic mass is 19.4. The van der Waals surface area contributed by atoms with Gasteiger partial charge in [-0.3, -0.25) is 4.98 Å². The molecule has 0 aliphatic carbocycles. The Labute approximate surface area is 124 Å².